The zero-order valence-electron chi connectivity index (χ0n) is 10.4. The van der Waals surface area contributed by atoms with Gasteiger partial charge in [0.05, 0.1) is 5.52 Å². The van der Waals surface area contributed by atoms with Gasteiger partial charge < -0.3 is 10.6 Å². The summed E-state index contributed by atoms with van der Waals surface area (Å²) < 4.78 is 37.2. The Bertz CT molecular complexity index is 581. The van der Waals surface area contributed by atoms with Gasteiger partial charge in [0, 0.05) is 19.0 Å². The number of halogens is 3. The van der Waals surface area contributed by atoms with Crippen molar-refractivity contribution < 1.29 is 13.2 Å². The average Bonchev–Trinajstić information content (AvgIpc) is 2.35. The van der Waals surface area contributed by atoms with Crippen molar-refractivity contribution >= 4 is 16.7 Å². The molecule has 102 valence electrons. The number of benzene rings is 1. The van der Waals surface area contributed by atoms with Crippen LogP contribution in [0, 0.1) is 0 Å². The van der Waals surface area contributed by atoms with Gasteiger partial charge in [-0.05, 0) is 17.7 Å². The number of rotatable bonds is 3. The lowest BCUT2D eigenvalue weighted by atomic mass is 10.1. The highest BCUT2D eigenvalue weighted by atomic mass is 19.4. The number of nitrogens with zero attached hydrogens (tertiary/aromatic N) is 2. The highest BCUT2D eigenvalue weighted by Gasteiger charge is 2.30. The minimum Gasteiger partial charge on any atom is -0.351 e. The summed E-state index contributed by atoms with van der Waals surface area (Å²) in [6.07, 6.45) is -4.26. The van der Waals surface area contributed by atoms with E-state index in [1.54, 1.807) is 18.2 Å². The molecule has 1 aromatic carbocycles. The van der Waals surface area contributed by atoms with Gasteiger partial charge in [-0.1, -0.05) is 18.2 Å². The molecular formula is C13H14F3N3. The van der Waals surface area contributed by atoms with Crippen molar-refractivity contribution in [1.29, 1.82) is 0 Å². The zero-order valence-corrected chi connectivity index (χ0v) is 10.4. The summed E-state index contributed by atoms with van der Waals surface area (Å²) in [5.41, 5.74) is 7.08. The SMILES string of the molecule is CN(CC(F)(F)F)c1cc(CN)c2ccccc2n1. The summed E-state index contributed by atoms with van der Waals surface area (Å²) in [5.74, 6) is 0.275. The molecule has 19 heavy (non-hydrogen) atoms. The smallest absolute Gasteiger partial charge is 0.351 e. The molecule has 2 rings (SSSR count). The molecule has 0 saturated heterocycles. The van der Waals surface area contributed by atoms with E-state index in [2.05, 4.69) is 4.98 Å². The van der Waals surface area contributed by atoms with Crippen molar-refractivity contribution in [2.24, 2.45) is 5.73 Å². The maximum Gasteiger partial charge on any atom is 0.405 e. The predicted molar refractivity (Wildman–Crippen MR) is 69.0 cm³/mol. The van der Waals surface area contributed by atoms with Crippen LogP contribution in [0.1, 0.15) is 5.56 Å². The van der Waals surface area contributed by atoms with Gasteiger partial charge in [0.25, 0.3) is 0 Å². The Kier molecular flexibility index (Phi) is 3.61. The fraction of sp³-hybridized carbons (Fsp3) is 0.308. The molecule has 2 N–H and O–H groups in total. The van der Waals surface area contributed by atoms with Gasteiger partial charge >= 0.3 is 6.18 Å². The third kappa shape index (κ3) is 3.14. The van der Waals surface area contributed by atoms with Crippen LogP contribution < -0.4 is 10.6 Å². The first-order valence-electron chi connectivity index (χ1n) is 5.77. The van der Waals surface area contributed by atoms with Gasteiger partial charge in [-0.15, -0.1) is 0 Å². The molecule has 0 amide bonds. The average molecular weight is 269 g/mol. The van der Waals surface area contributed by atoms with Gasteiger partial charge in [-0.2, -0.15) is 13.2 Å². The number of alkyl halides is 3. The Labute approximate surface area is 108 Å². The van der Waals surface area contributed by atoms with E-state index < -0.39 is 12.7 Å². The summed E-state index contributed by atoms with van der Waals surface area (Å²) in [6.45, 7) is -0.780. The number of para-hydroxylation sites is 1. The van der Waals surface area contributed by atoms with E-state index in [1.165, 1.54) is 7.05 Å². The molecule has 0 fully saturated rings. The van der Waals surface area contributed by atoms with Crippen LogP contribution in [0.3, 0.4) is 0 Å². The summed E-state index contributed by atoms with van der Waals surface area (Å²) in [4.78, 5) is 5.31. The van der Waals surface area contributed by atoms with Crippen molar-refractivity contribution in [2.75, 3.05) is 18.5 Å². The first kappa shape index (κ1) is 13.6. The van der Waals surface area contributed by atoms with E-state index in [0.717, 1.165) is 15.8 Å². The number of anilines is 1. The van der Waals surface area contributed by atoms with E-state index in [-0.39, 0.29) is 12.4 Å². The Morgan fingerprint density at radius 3 is 2.58 bits per heavy atom. The number of aromatic nitrogens is 1. The van der Waals surface area contributed by atoms with Crippen molar-refractivity contribution in [1.82, 2.24) is 4.98 Å². The minimum absolute atomic E-state index is 0.260. The van der Waals surface area contributed by atoms with Crippen LogP contribution in [-0.2, 0) is 6.54 Å². The second-order valence-electron chi connectivity index (χ2n) is 4.33. The molecule has 0 aliphatic carbocycles. The second kappa shape index (κ2) is 5.05. The van der Waals surface area contributed by atoms with Crippen LogP contribution in [0.5, 0.6) is 0 Å². The first-order chi connectivity index (χ1) is 8.90. The van der Waals surface area contributed by atoms with E-state index >= 15 is 0 Å². The molecular weight excluding hydrogens is 255 g/mol. The minimum atomic E-state index is -4.26. The maximum atomic E-state index is 12.4. The Morgan fingerprint density at radius 2 is 1.95 bits per heavy atom. The molecule has 1 aromatic heterocycles. The number of fused-ring (bicyclic) bond motifs is 1. The number of hydrogen-bond donors (Lipinski definition) is 1. The molecule has 3 nitrogen and oxygen atoms in total. The zero-order chi connectivity index (χ0) is 14.0. The third-order valence-corrected chi connectivity index (χ3v) is 2.82. The number of nitrogens with two attached hydrogens (primary N) is 1. The Balaban J connectivity index is 2.44. The molecule has 0 atom stereocenters. The summed E-state index contributed by atoms with van der Waals surface area (Å²) in [7, 11) is 1.37. The molecule has 0 unspecified atom stereocenters. The van der Waals surface area contributed by atoms with Crippen LogP contribution in [0.4, 0.5) is 19.0 Å². The van der Waals surface area contributed by atoms with Gasteiger partial charge in [-0.25, -0.2) is 4.98 Å². The molecule has 6 heteroatoms. The lowest BCUT2D eigenvalue weighted by Gasteiger charge is -2.21. The lowest BCUT2D eigenvalue weighted by Crippen LogP contribution is -2.31. The topological polar surface area (TPSA) is 42.1 Å². The summed E-state index contributed by atoms with van der Waals surface area (Å²) in [5, 5.41) is 0.870. The van der Waals surface area contributed by atoms with Crippen molar-refractivity contribution in [3.8, 4) is 0 Å². The standard InChI is InChI=1S/C13H14F3N3/c1-19(8-13(14,15)16)12-6-9(7-17)10-4-2-3-5-11(10)18-12/h2-6H,7-8,17H2,1H3. The molecule has 0 aliphatic rings. The maximum absolute atomic E-state index is 12.4. The molecule has 0 radical (unpaired) electrons. The van der Waals surface area contributed by atoms with Crippen LogP contribution in [0.15, 0.2) is 30.3 Å². The summed E-state index contributed by atoms with van der Waals surface area (Å²) in [6, 6.07) is 8.87. The molecule has 2 aromatic rings. The highest BCUT2D eigenvalue weighted by molar-refractivity contribution is 5.84. The van der Waals surface area contributed by atoms with Crippen molar-refractivity contribution in [2.45, 2.75) is 12.7 Å². The van der Waals surface area contributed by atoms with Crippen LogP contribution in [0.25, 0.3) is 10.9 Å². The van der Waals surface area contributed by atoms with Gasteiger partial charge in [0.1, 0.15) is 12.4 Å². The number of hydrogen-bond acceptors (Lipinski definition) is 3. The Morgan fingerprint density at radius 1 is 1.26 bits per heavy atom. The third-order valence-electron chi connectivity index (χ3n) is 2.82. The molecule has 0 spiro atoms. The van der Waals surface area contributed by atoms with Crippen LogP contribution in [-0.4, -0.2) is 24.8 Å². The van der Waals surface area contributed by atoms with Crippen molar-refractivity contribution in [3.05, 3.63) is 35.9 Å². The monoisotopic (exact) mass is 269 g/mol. The van der Waals surface area contributed by atoms with Crippen molar-refractivity contribution in [3.63, 3.8) is 0 Å². The molecule has 0 saturated carbocycles. The number of pyridine rings is 1. The van der Waals surface area contributed by atoms with Gasteiger partial charge in [0.2, 0.25) is 0 Å². The van der Waals surface area contributed by atoms with Crippen LogP contribution >= 0.6 is 0 Å². The van der Waals surface area contributed by atoms with Crippen LogP contribution in [0.2, 0.25) is 0 Å². The molecule has 0 aliphatic heterocycles. The fourth-order valence-electron chi connectivity index (χ4n) is 1.95. The van der Waals surface area contributed by atoms with E-state index in [9.17, 15) is 13.2 Å². The van der Waals surface area contributed by atoms with E-state index in [0.29, 0.717) is 5.52 Å². The van der Waals surface area contributed by atoms with E-state index in [1.807, 2.05) is 12.1 Å². The quantitative estimate of drug-likeness (QED) is 0.931. The van der Waals surface area contributed by atoms with Gasteiger partial charge in [0.15, 0.2) is 0 Å². The lowest BCUT2D eigenvalue weighted by molar-refractivity contribution is -0.119. The first-order valence-corrected chi connectivity index (χ1v) is 5.77. The normalized spacial score (nSPS) is 11.8. The fourth-order valence-corrected chi connectivity index (χ4v) is 1.95. The second-order valence-corrected chi connectivity index (χ2v) is 4.33. The molecule has 0 bridgehead atoms. The summed E-state index contributed by atoms with van der Waals surface area (Å²) >= 11 is 0. The van der Waals surface area contributed by atoms with E-state index in [4.69, 9.17) is 5.73 Å². The Hall–Kier alpha value is -1.82. The molecule has 1 heterocycles. The predicted octanol–water partition coefficient (Wildman–Crippen LogP) is 2.69. The largest absolute Gasteiger partial charge is 0.405 e. The van der Waals surface area contributed by atoms with Gasteiger partial charge in [-0.3, -0.25) is 0 Å². The highest BCUT2D eigenvalue weighted by Crippen LogP contribution is 2.24.